The van der Waals surface area contributed by atoms with Crippen molar-refractivity contribution in [2.75, 3.05) is 18.0 Å². The number of anilines is 1. The number of nitrogens with one attached hydrogen (secondary N) is 1. The standard InChI is InChI=1S/C24H22ClF2N9O/c1-15-16(2-5-21(31-15)34-12-23(13-34)11-24(23,26)27)9-35-10-18(8-30-35)22(37)28-7-17-6-19(25)3-4-20(17)36-14-29-32-33-36/h2-6,8,10,14H,7,9,11-13H2,1H3,(H,28,37). The van der Waals surface area contributed by atoms with Crippen LogP contribution in [0, 0.1) is 12.3 Å². The van der Waals surface area contributed by atoms with Crippen LogP contribution in [-0.4, -0.2) is 59.9 Å². The number of nitrogens with zero attached hydrogens (tertiary/aromatic N) is 8. The summed E-state index contributed by atoms with van der Waals surface area (Å²) in [6.45, 7) is 3.20. The Kier molecular flexibility index (Phi) is 5.44. The highest BCUT2D eigenvalue weighted by atomic mass is 35.5. The molecule has 3 aromatic heterocycles. The predicted molar refractivity (Wildman–Crippen MR) is 130 cm³/mol. The number of carbonyl (C=O) groups excluding carboxylic acids is 1. The van der Waals surface area contributed by atoms with Crippen LogP contribution in [0.1, 0.15) is 33.6 Å². The molecule has 10 nitrogen and oxygen atoms in total. The van der Waals surface area contributed by atoms with Gasteiger partial charge in [-0.05, 0) is 52.7 Å². The van der Waals surface area contributed by atoms with Gasteiger partial charge in [0.2, 0.25) is 0 Å². The number of pyridine rings is 1. The molecule has 6 rings (SSSR count). The van der Waals surface area contributed by atoms with Crippen LogP contribution in [0.15, 0.2) is 49.1 Å². The van der Waals surface area contributed by atoms with Crippen molar-refractivity contribution in [3.05, 3.63) is 76.5 Å². The van der Waals surface area contributed by atoms with Crippen LogP contribution >= 0.6 is 11.6 Å². The minimum atomic E-state index is -2.53. The lowest BCUT2D eigenvalue weighted by Crippen LogP contribution is -2.51. The molecule has 190 valence electrons. The van der Waals surface area contributed by atoms with Crippen molar-refractivity contribution < 1.29 is 13.6 Å². The van der Waals surface area contributed by atoms with Crippen LogP contribution < -0.4 is 10.2 Å². The SMILES string of the molecule is Cc1nc(N2CC3(C2)CC3(F)F)ccc1Cn1cc(C(=O)NCc2cc(Cl)ccc2-n2cnnn2)cn1. The van der Waals surface area contributed by atoms with Gasteiger partial charge >= 0.3 is 0 Å². The molecule has 2 fully saturated rings. The maximum absolute atomic E-state index is 13.5. The van der Waals surface area contributed by atoms with E-state index >= 15 is 0 Å². The van der Waals surface area contributed by atoms with Crippen LogP contribution in [0.2, 0.25) is 5.02 Å². The van der Waals surface area contributed by atoms with Crippen molar-refractivity contribution in [3.63, 3.8) is 0 Å². The molecular weight excluding hydrogens is 504 g/mol. The first-order valence-electron chi connectivity index (χ1n) is 11.6. The molecule has 2 aliphatic rings. The summed E-state index contributed by atoms with van der Waals surface area (Å²) in [5.41, 5.74) is 2.74. The third-order valence-corrected chi connectivity index (χ3v) is 7.24. The summed E-state index contributed by atoms with van der Waals surface area (Å²) < 4.78 is 30.1. The average molecular weight is 526 g/mol. The first kappa shape index (κ1) is 23.5. The van der Waals surface area contributed by atoms with Crippen LogP contribution in [0.25, 0.3) is 5.69 Å². The molecule has 1 spiro atoms. The molecule has 1 aliphatic carbocycles. The number of carbonyl (C=O) groups is 1. The highest BCUT2D eigenvalue weighted by molar-refractivity contribution is 6.30. The molecule has 4 aromatic rings. The van der Waals surface area contributed by atoms with Gasteiger partial charge < -0.3 is 10.2 Å². The Morgan fingerprint density at radius 1 is 1.19 bits per heavy atom. The second-order valence-corrected chi connectivity index (χ2v) is 10.0. The summed E-state index contributed by atoms with van der Waals surface area (Å²) in [6, 6.07) is 9.02. The van der Waals surface area contributed by atoms with Crippen molar-refractivity contribution in [3.8, 4) is 5.69 Å². The maximum atomic E-state index is 13.5. The molecule has 1 saturated carbocycles. The van der Waals surface area contributed by atoms with Gasteiger partial charge in [-0.25, -0.2) is 18.4 Å². The fraction of sp³-hybridized carbons (Fsp3) is 0.333. The average Bonchev–Trinajstić information content (AvgIpc) is 3.27. The zero-order valence-electron chi connectivity index (χ0n) is 19.8. The normalized spacial score (nSPS) is 17.0. The number of hydrogen-bond acceptors (Lipinski definition) is 7. The van der Waals surface area contributed by atoms with E-state index in [0.29, 0.717) is 41.7 Å². The van der Waals surface area contributed by atoms with Gasteiger partial charge in [0.1, 0.15) is 12.1 Å². The van der Waals surface area contributed by atoms with Gasteiger partial charge in [-0.1, -0.05) is 17.7 Å². The van der Waals surface area contributed by atoms with E-state index in [-0.39, 0.29) is 18.9 Å². The number of benzene rings is 1. The zero-order valence-corrected chi connectivity index (χ0v) is 20.5. The largest absolute Gasteiger partial charge is 0.355 e. The number of halogens is 3. The number of rotatable bonds is 7. The lowest BCUT2D eigenvalue weighted by Gasteiger charge is -2.41. The van der Waals surface area contributed by atoms with E-state index in [9.17, 15) is 13.6 Å². The molecular formula is C24H22ClF2N9O. The molecule has 13 heteroatoms. The summed E-state index contributed by atoms with van der Waals surface area (Å²) in [4.78, 5) is 19.3. The number of alkyl halides is 2. The van der Waals surface area contributed by atoms with E-state index in [1.54, 1.807) is 29.1 Å². The van der Waals surface area contributed by atoms with E-state index in [1.807, 2.05) is 24.0 Å². The van der Waals surface area contributed by atoms with Crippen LogP contribution in [0.3, 0.4) is 0 Å². The van der Waals surface area contributed by atoms with Crippen LogP contribution in [0.4, 0.5) is 14.6 Å². The Labute approximate surface area is 215 Å². The molecule has 1 N–H and O–H groups in total. The summed E-state index contributed by atoms with van der Waals surface area (Å²) in [7, 11) is 0. The molecule has 0 atom stereocenters. The lowest BCUT2D eigenvalue weighted by atomic mass is 9.96. The first-order valence-corrected chi connectivity index (χ1v) is 12.0. The fourth-order valence-electron chi connectivity index (χ4n) is 4.70. The minimum absolute atomic E-state index is 0.0255. The second-order valence-electron chi connectivity index (χ2n) is 9.57. The molecule has 0 unspecified atom stereocenters. The molecule has 1 aromatic carbocycles. The number of aryl methyl sites for hydroxylation is 1. The Morgan fingerprint density at radius 2 is 2.00 bits per heavy atom. The van der Waals surface area contributed by atoms with Gasteiger partial charge in [0.15, 0.2) is 0 Å². The number of aromatic nitrogens is 7. The molecule has 1 amide bonds. The Hall–Kier alpha value is -3.93. The highest BCUT2D eigenvalue weighted by Gasteiger charge is 2.76. The van der Waals surface area contributed by atoms with Crippen molar-refractivity contribution in [1.82, 2.24) is 40.3 Å². The smallest absolute Gasteiger partial charge is 0.258 e. The van der Waals surface area contributed by atoms with Crippen LogP contribution in [0.5, 0.6) is 0 Å². The quantitative estimate of drug-likeness (QED) is 0.395. The zero-order chi connectivity index (χ0) is 25.8. The highest BCUT2D eigenvalue weighted by Crippen LogP contribution is 2.65. The molecule has 37 heavy (non-hydrogen) atoms. The minimum Gasteiger partial charge on any atom is -0.355 e. The van der Waals surface area contributed by atoms with Gasteiger partial charge in [0, 0.05) is 43.0 Å². The van der Waals surface area contributed by atoms with Crippen molar-refractivity contribution in [2.24, 2.45) is 5.41 Å². The summed E-state index contributed by atoms with van der Waals surface area (Å²) in [5, 5.41) is 18.9. The first-order chi connectivity index (χ1) is 17.7. The van der Waals surface area contributed by atoms with E-state index in [1.165, 1.54) is 17.2 Å². The van der Waals surface area contributed by atoms with E-state index < -0.39 is 11.3 Å². The van der Waals surface area contributed by atoms with Gasteiger partial charge in [-0.15, -0.1) is 5.10 Å². The number of tetrazole rings is 1. The lowest BCUT2D eigenvalue weighted by molar-refractivity contribution is 0.0518. The Bertz CT molecular complexity index is 1480. The predicted octanol–water partition coefficient (Wildman–Crippen LogP) is 3.04. The molecule has 1 aliphatic heterocycles. The van der Waals surface area contributed by atoms with Gasteiger partial charge in [0.05, 0.1) is 29.4 Å². The van der Waals surface area contributed by atoms with E-state index in [0.717, 1.165) is 16.8 Å². The van der Waals surface area contributed by atoms with Gasteiger partial charge in [0.25, 0.3) is 11.8 Å². The molecule has 0 bridgehead atoms. The molecule has 1 saturated heterocycles. The van der Waals surface area contributed by atoms with Gasteiger partial charge in [-0.2, -0.15) is 5.10 Å². The van der Waals surface area contributed by atoms with Crippen molar-refractivity contribution in [1.29, 1.82) is 0 Å². The monoisotopic (exact) mass is 525 g/mol. The summed E-state index contributed by atoms with van der Waals surface area (Å²) in [5.74, 6) is -2.12. The number of hydrogen-bond donors (Lipinski definition) is 1. The van der Waals surface area contributed by atoms with Crippen molar-refractivity contribution >= 4 is 23.3 Å². The third kappa shape index (κ3) is 4.31. The molecule has 0 radical (unpaired) electrons. The second kappa shape index (κ2) is 8.58. The van der Waals surface area contributed by atoms with E-state index in [4.69, 9.17) is 11.6 Å². The van der Waals surface area contributed by atoms with Gasteiger partial charge in [-0.3, -0.25) is 9.48 Å². The maximum Gasteiger partial charge on any atom is 0.258 e. The molecule has 4 heterocycles. The summed E-state index contributed by atoms with van der Waals surface area (Å²) in [6.07, 6.45) is 4.61. The fourth-order valence-corrected chi connectivity index (χ4v) is 4.90. The number of amides is 1. The summed E-state index contributed by atoms with van der Waals surface area (Å²) >= 11 is 6.14. The van der Waals surface area contributed by atoms with Crippen molar-refractivity contribution in [2.45, 2.75) is 32.4 Å². The van der Waals surface area contributed by atoms with E-state index in [2.05, 4.69) is 30.9 Å². The Balaban J connectivity index is 1.08. The Morgan fingerprint density at radius 3 is 2.70 bits per heavy atom. The topological polar surface area (TPSA) is 107 Å². The van der Waals surface area contributed by atoms with Crippen LogP contribution in [-0.2, 0) is 13.1 Å². The third-order valence-electron chi connectivity index (χ3n) is 7.01.